The lowest BCUT2D eigenvalue weighted by molar-refractivity contribution is 0.278. The lowest BCUT2D eigenvalue weighted by Crippen LogP contribution is -2.27. The smallest absolute Gasteiger partial charge is 0.000683 e. The molecule has 0 radical (unpaired) electrons. The summed E-state index contributed by atoms with van der Waals surface area (Å²) in [5, 5.41) is 0. The van der Waals surface area contributed by atoms with Crippen molar-refractivity contribution in [1.82, 2.24) is 4.90 Å². The van der Waals surface area contributed by atoms with Gasteiger partial charge in [0.15, 0.2) is 0 Å². The number of hydrogen-bond donors (Lipinski definition) is 1. The Morgan fingerprint density at radius 2 is 1.40 bits per heavy atom. The van der Waals surface area contributed by atoms with Crippen LogP contribution in [-0.2, 0) is 0 Å². The molecule has 2 N–H and O–H groups in total. The number of nitrogens with two attached hydrogens (primary N) is 1. The maximum absolute atomic E-state index is 5.51. The molecule has 2 nitrogen and oxygen atoms in total. The van der Waals surface area contributed by atoms with Crippen LogP contribution in [0.5, 0.6) is 0 Å². The summed E-state index contributed by atoms with van der Waals surface area (Å²) in [4.78, 5) is 2.52. The fourth-order valence-corrected chi connectivity index (χ4v) is 1.86. The largest absolute Gasteiger partial charge is 0.330 e. The summed E-state index contributed by atoms with van der Waals surface area (Å²) < 4.78 is 0. The van der Waals surface area contributed by atoms with Crippen molar-refractivity contribution in [1.29, 1.82) is 0 Å². The predicted molar refractivity (Wildman–Crippen MR) is 69.2 cm³/mol. The minimum atomic E-state index is 0.826. The molecule has 0 aromatic rings. The zero-order valence-electron chi connectivity index (χ0n) is 10.8. The lowest BCUT2D eigenvalue weighted by atomic mass is 10.1. The van der Waals surface area contributed by atoms with E-state index in [4.69, 9.17) is 5.73 Å². The summed E-state index contributed by atoms with van der Waals surface area (Å²) in [7, 11) is 0. The van der Waals surface area contributed by atoms with E-state index in [1.54, 1.807) is 0 Å². The van der Waals surface area contributed by atoms with E-state index in [1.165, 1.54) is 58.2 Å². The van der Waals surface area contributed by atoms with Gasteiger partial charge in [0.1, 0.15) is 0 Å². The molecule has 15 heavy (non-hydrogen) atoms. The molecular weight excluding hydrogens is 184 g/mol. The van der Waals surface area contributed by atoms with Crippen molar-refractivity contribution in [2.24, 2.45) is 5.73 Å². The fourth-order valence-electron chi connectivity index (χ4n) is 1.86. The highest BCUT2D eigenvalue weighted by Gasteiger charge is 2.00. The molecule has 0 heterocycles. The molecule has 0 aromatic heterocycles. The quantitative estimate of drug-likeness (QED) is 0.536. The second kappa shape index (κ2) is 12.0. The Morgan fingerprint density at radius 3 is 2.00 bits per heavy atom. The van der Waals surface area contributed by atoms with Crippen LogP contribution < -0.4 is 5.73 Å². The number of nitrogens with zero attached hydrogens (tertiary/aromatic N) is 1. The van der Waals surface area contributed by atoms with E-state index in [1.807, 2.05) is 0 Å². The third-order valence-corrected chi connectivity index (χ3v) is 2.95. The molecule has 0 aliphatic rings. The van der Waals surface area contributed by atoms with Crippen LogP contribution >= 0.6 is 0 Å². The van der Waals surface area contributed by atoms with Crippen molar-refractivity contribution in [3.63, 3.8) is 0 Å². The molecule has 0 spiro atoms. The summed E-state index contributed by atoms with van der Waals surface area (Å²) in [6.07, 6.45) is 9.50. The minimum Gasteiger partial charge on any atom is -0.330 e. The van der Waals surface area contributed by atoms with Gasteiger partial charge in [0.05, 0.1) is 0 Å². The van der Waals surface area contributed by atoms with Gasteiger partial charge in [-0.1, -0.05) is 46.0 Å². The number of hydrogen-bond acceptors (Lipinski definition) is 2. The van der Waals surface area contributed by atoms with Gasteiger partial charge in [-0.3, -0.25) is 0 Å². The van der Waals surface area contributed by atoms with Gasteiger partial charge in [0, 0.05) is 0 Å². The highest BCUT2D eigenvalue weighted by molar-refractivity contribution is 4.56. The molecule has 0 aromatic carbocycles. The van der Waals surface area contributed by atoms with Gasteiger partial charge in [-0.2, -0.15) is 0 Å². The topological polar surface area (TPSA) is 29.3 Å². The summed E-state index contributed by atoms with van der Waals surface area (Å²) in [6.45, 7) is 8.96. The van der Waals surface area contributed by atoms with Gasteiger partial charge < -0.3 is 10.6 Å². The first-order valence-electron chi connectivity index (χ1n) is 6.77. The molecule has 92 valence electrons. The van der Waals surface area contributed by atoms with Crippen molar-refractivity contribution in [2.45, 2.75) is 58.8 Å². The van der Waals surface area contributed by atoms with Gasteiger partial charge in [0.25, 0.3) is 0 Å². The fraction of sp³-hybridized carbons (Fsp3) is 1.00. The Kier molecular flexibility index (Phi) is 11.9. The third kappa shape index (κ3) is 10.2. The number of rotatable bonds is 11. The predicted octanol–water partition coefficient (Wildman–Crippen LogP) is 3.02. The van der Waals surface area contributed by atoms with Crippen LogP contribution in [0, 0.1) is 0 Å². The first kappa shape index (κ1) is 14.9. The van der Waals surface area contributed by atoms with Crippen LogP contribution in [0.2, 0.25) is 0 Å². The molecule has 0 aliphatic carbocycles. The highest BCUT2D eigenvalue weighted by atomic mass is 15.1. The highest BCUT2D eigenvalue weighted by Crippen LogP contribution is 2.06. The molecule has 0 atom stereocenters. The van der Waals surface area contributed by atoms with Crippen molar-refractivity contribution in [2.75, 3.05) is 26.2 Å². The molecule has 0 amide bonds. The summed E-state index contributed by atoms with van der Waals surface area (Å²) in [5.41, 5.74) is 5.51. The Morgan fingerprint density at radius 1 is 0.800 bits per heavy atom. The summed E-state index contributed by atoms with van der Waals surface area (Å²) in [6, 6.07) is 0. The zero-order valence-corrected chi connectivity index (χ0v) is 10.8. The van der Waals surface area contributed by atoms with Crippen molar-refractivity contribution in [3.05, 3.63) is 0 Å². The molecular formula is C13H30N2. The van der Waals surface area contributed by atoms with E-state index >= 15 is 0 Å². The van der Waals surface area contributed by atoms with Crippen LogP contribution in [-0.4, -0.2) is 31.1 Å². The van der Waals surface area contributed by atoms with E-state index in [0.717, 1.165) is 13.0 Å². The Labute approximate surface area is 96.2 Å². The van der Waals surface area contributed by atoms with E-state index in [9.17, 15) is 0 Å². The Balaban J connectivity index is 3.22. The van der Waals surface area contributed by atoms with E-state index in [-0.39, 0.29) is 0 Å². The maximum atomic E-state index is 5.51. The van der Waals surface area contributed by atoms with Crippen LogP contribution in [0.15, 0.2) is 0 Å². The van der Waals surface area contributed by atoms with Crippen molar-refractivity contribution < 1.29 is 0 Å². The molecule has 2 heteroatoms. The normalized spacial score (nSPS) is 11.2. The second-order valence-corrected chi connectivity index (χ2v) is 4.34. The first-order valence-corrected chi connectivity index (χ1v) is 6.77. The molecule has 0 aliphatic heterocycles. The molecule has 0 saturated carbocycles. The average molecular weight is 214 g/mol. The van der Waals surface area contributed by atoms with Gasteiger partial charge in [-0.25, -0.2) is 0 Å². The Bertz CT molecular complexity index is 115. The monoisotopic (exact) mass is 214 g/mol. The van der Waals surface area contributed by atoms with Gasteiger partial charge in [-0.05, 0) is 39.0 Å². The molecule has 0 unspecified atom stereocenters. The van der Waals surface area contributed by atoms with E-state index in [2.05, 4.69) is 18.7 Å². The summed E-state index contributed by atoms with van der Waals surface area (Å²) >= 11 is 0. The molecule has 0 saturated heterocycles. The summed E-state index contributed by atoms with van der Waals surface area (Å²) in [5.74, 6) is 0. The van der Waals surface area contributed by atoms with Gasteiger partial charge >= 0.3 is 0 Å². The van der Waals surface area contributed by atoms with E-state index in [0.29, 0.717) is 0 Å². The van der Waals surface area contributed by atoms with Crippen LogP contribution in [0.3, 0.4) is 0 Å². The zero-order chi connectivity index (χ0) is 11.4. The molecule has 0 fully saturated rings. The van der Waals surface area contributed by atoms with Crippen molar-refractivity contribution in [3.8, 4) is 0 Å². The average Bonchev–Trinajstić information content (AvgIpc) is 2.27. The van der Waals surface area contributed by atoms with E-state index < -0.39 is 0 Å². The lowest BCUT2D eigenvalue weighted by Gasteiger charge is -2.19. The third-order valence-electron chi connectivity index (χ3n) is 2.95. The Hall–Kier alpha value is -0.0800. The van der Waals surface area contributed by atoms with Crippen molar-refractivity contribution >= 4 is 0 Å². The molecule has 0 rings (SSSR count). The molecule has 0 bridgehead atoms. The minimum absolute atomic E-state index is 0.826. The van der Waals surface area contributed by atoms with Crippen LogP contribution in [0.25, 0.3) is 0 Å². The van der Waals surface area contributed by atoms with Crippen LogP contribution in [0.1, 0.15) is 58.8 Å². The maximum Gasteiger partial charge on any atom is -0.000683 e. The standard InChI is InChI=1S/C13H30N2/c1-3-5-6-7-8-9-12-15(4-2)13-10-11-14/h3-14H2,1-2H3. The van der Waals surface area contributed by atoms with Gasteiger partial charge in [0.2, 0.25) is 0 Å². The second-order valence-electron chi connectivity index (χ2n) is 4.34. The van der Waals surface area contributed by atoms with Gasteiger partial charge in [-0.15, -0.1) is 0 Å². The SMILES string of the molecule is CCCCCCCCN(CC)CCCN. The number of unbranched alkanes of at least 4 members (excludes halogenated alkanes) is 5. The van der Waals surface area contributed by atoms with Crippen LogP contribution in [0.4, 0.5) is 0 Å². The first-order chi connectivity index (χ1) is 7.35.